The number of nitrogens with two attached hydrogens (primary N) is 1. The van der Waals surface area contributed by atoms with Crippen molar-refractivity contribution in [2.45, 2.75) is 19.8 Å². The highest BCUT2D eigenvalue weighted by molar-refractivity contribution is 5.88. The molecule has 0 aliphatic carbocycles. The number of urea groups is 1. The fourth-order valence-corrected chi connectivity index (χ4v) is 0.913. The Labute approximate surface area is 59.7 Å². The molecule has 0 radical (unpaired) electrons. The molecule has 4 heteroatoms. The van der Waals surface area contributed by atoms with Crippen molar-refractivity contribution in [2.75, 3.05) is 6.54 Å². The summed E-state index contributed by atoms with van der Waals surface area (Å²) >= 11 is 0. The van der Waals surface area contributed by atoms with Crippen molar-refractivity contribution in [2.24, 2.45) is 10.8 Å². The summed E-state index contributed by atoms with van der Waals surface area (Å²) < 4.78 is 0. The average molecular weight is 141 g/mol. The van der Waals surface area contributed by atoms with E-state index in [9.17, 15) is 4.79 Å². The van der Waals surface area contributed by atoms with Crippen molar-refractivity contribution in [3.8, 4) is 0 Å². The third kappa shape index (κ3) is 1.26. The zero-order chi connectivity index (χ0) is 7.56. The van der Waals surface area contributed by atoms with Gasteiger partial charge in [-0.25, -0.2) is 9.80 Å². The molecule has 1 heterocycles. The Morgan fingerprint density at radius 2 is 2.60 bits per heavy atom. The summed E-state index contributed by atoms with van der Waals surface area (Å²) in [5.41, 5.74) is 6.05. The predicted octanol–water partition coefficient (Wildman–Crippen LogP) is 0.537. The van der Waals surface area contributed by atoms with Crippen LogP contribution in [0.5, 0.6) is 0 Å². The number of rotatable bonds is 1. The van der Waals surface area contributed by atoms with Crippen molar-refractivity contribution in [3.05, 3.63) is 0 Å². The van der Waals surface area contributed by atoms with Gasteiger partial charge in [0.1, 0.15) is 0 Å². The van der Waals surface area contributed by atoms with E-state index in [-0.39, 0.29) is 0 Å². The molecular formula is C6H11N3O. The Hall–Kier alpha value is -1.06. The summed E-state index contributed by atoms with van der Waals surface area (Å²) in [6, 6.07) is -0.455. The van der Waals surface area contributed by atoms with Crippen molar-refractivity contribution in [3.63, 3.8) is 0 Å². The summed E-state index contributed by atoms with van der Waals surface area (Å²) in [5.74, 6) is 0. The lowest BCUT2D eigenvalue weighted by atomic mass is 10.2. The van der Waals surface area contributed by atoms with Crippen LogP contribution in [0.15, 0.2) is 5.10 Å². The quantitative estimate of drug-likeness (QED) is 0.569. The number of hydrazone groups is 1. The zero-order valence-electron chi connectivity index (χ0n) is 6.00. The monoisotopic (exact) mass is 141 g/mol. The molecule has 0 aromatic carbocycles. The van der Waals surface area contributed by atoms with Gasteiger partial charge in [-0.05, 0) is 6.42 Å². The van der Waals surface area contributed by atoms with Gasteiger partial charge < -0.3 is 5.73 Å². The van der Waals surface area contributed by atoms with Gasteiger partial charge in [0, 0.05) is 12.1 Å². The summed E-state index contributed by atoms with van der Waals surface area (Å²) in [4.78, 5) is 10.5. The summed E-state index contributed by atoms with van der Waals surface area (Å²) in [7, 11) is 0. The van der Waals surface area contributed by atoms with E-state index in [1.165, 1.54) is 5.01 Å². The Bertz CT molecular complexity index is 176. The Kier molecular flexibility index (Phi) is 1.89. The lowest BCUT2D eigenvalue weighted by molar-refractivity contribution is 0.215. The van der Waals surface area contributed by atoms with Crippen LogP contribution in [0, 0.1) is 0 Å². The minimum Gasteiger partial charge on any atom is -0.350 e. The highest BCUT2D eigenvalue weighted by atomic mass is 16.2. The number of carbonyl (C=O) groups is 1. The van der Waals surface area contributed by atoms with Gasteiger partial charge in [0.05, 0.1) is 6.54 Å². The predicted molar refractivity (Wildman–Crippen MR) is 38.6 cm³/mol. The first kappa shape index (κ1) is 7.05. The number of hydrogen-bond donors (Lipinski definition) is 1. The molecule has 0 aromatic heterocycles. The molecule has 0 saturated carbocycles. The van der Waals surface area contributed by atoms with E-state index in [1.807, 2.05) is 6.92 Å². The summed E-state index contributed by atoms with van der Waals surface area (Å²) in [6.45, 7) is 2.67. The maximum atomic E-state index is 10.5. The van der Waals surface area contributed by atoms with Crippen molar-refractivity contribution < 1.29 is 4.79 Å². The van der Waals surface area contributed by atoms with Crippen LogP contribution in [0.4, 0.5) is 4.79 Å². The molecular weight excluding hydrogens is 130 g/mol. The molecule has 0 atom stereocenters. The van der Waals surface area contributed by atoms with Gasteiger partial charge in [-0.2, -0.15) is 5.10 Å². The van der Waals surface area contributed by atoms with Crippen LogP contribution in [0.25, 0.3) is 0 Å². The molecule has 2 N–H and O–H groups in total. The maximum Gasteiger partial charge on any atom is 0.335 e. The van der Waals surface area contributed by atoms with Gasteiger partial charge in [-0.15, -0.1) is 0 Å². The zero-order valence-corrected chi connectivity index (χ0v) is 6.00. The second-order valence-corrected chi connectivity index (χ2v) is 2.23. The molecule has 0 unspecified atom stereocenters. The SMILES string of the molecule is CCC1=NN(C(N)=O)CC1. The molecule has 0 bridgehead atoms. The molecule has 1 rings (SSSR count). The third-order valence-electron chi connectivity index (χ3n) is 1.54. The van der Waals surface area contributed by atoms with Crippen LogP contribution in [0.2, 0.25) is 0 Å². The van der Waals surface area contributed by atoms with Crippen molar-refractivity contribution in [1.82, 2.24) is 5.01 Å². The topological polar surface area (TPSA) is 58.7 Å². The molecule has 0 aromatic rings. The molecule has 1 aliphatic rings. The van der Waals surface area contributed by atoms with Gasteiger partial charge in [0.2, 0.25) is 0 Å². The second kappa shape index (κ2) is 2.68. The van der Waals surface area contributed by atoms with E-state index in [1.54, 1.807) is 0 Å². The molecule has 4 nitrogen and oxygen atoms in total. The lowest BCUT2D eigenvalue weighted by Gasteiger charge is -2.04. The Balaban J connectivity index is 2.55. The summed E-state index contributed by atoms with van der Waals surface area (Å²) in [5, 5.41) is 5.29. The smallest absolute Gasteiger partial charge is 0.335 e. The van der Waals surface area contributed by atoms with Crippen LogP contribution < -0.4 is 5.73 Å². The molecule has 56 valence electrons. The minimum atomic E-state index is -0.455. The number of primary amides is 1. The first-order valence-corrected chi connectivity index (χ1v) is 3.37. The van der Waals surface area contributed by atoms with E-state index in [0.717, 1.165) is 18.6 Å². The van der Waals surface area contributed by atoms with E-state index in [2.05, 4.69) is 5.10 Å². The van der Waals surface area contributed by atoms with Gasteiger partial charge in [-0.1, -0.05) is 6.92 Å². The van der Waals surface area contributed by atoms with Crippen molar-refractivity contribution >= 4 is 11.7 Å². The number of nitrogens with zero attached hydrogens (tertiary/aromatic N) is 2. The number of hydrogen-bond acceptors (Lipinski definition) is 2. The number of amides is 2. The first-order valence-electron chi connectivity index (χ1n) is 3.37. The Morgan fingerprint density at radius 3 is 2.90 bits per heavy atom. The second-order valence-electron chi connectivity index (χ2n) is 2.23. The molecule has 10 heavy (non-hydrogen) atoms. The van der Waals surface area contributed by atoms with E-state index in [4.69, 9.17) is 5.73 Å². The summed E-state index contributed by atoms with van der Waals surface area (Å²) in [6.07, 6.45) is 1.78. The van der Waals surface area contributed by atoms with E-state index >= 15 is 0 Å². The Morgan fingerprint density at radius 1 is 1.90 bits per heavy atom. The standard InChI is InChI=1S/C6H11N3O/c1-2-5-3-4-9(8-5)6(7)10/h2-4H2,1H3,(H2,7,10). The van der Waals surface area contributed by atoms with Crippen molar-refractivity contribution in [1.29, 1.82) is 0 Å². The van der Waals surface area contributed by atoms with E-state index in [0.29, 0.717) is 6.54 Å². The average Bonchev–Trinajstić information content (AvgIpc) is 2.34. The lowest BCUT2D eigenvalue weighted by Crippen LogP contribution is -2.29. The van der Waals surface area contributed by atoms with Gasteiger partial charge >= 0.3 is 6.03 Å². The molecule has 0 fully saturated rings. The third-order valence-corrected chi connectivity index (χ3v) is 1.54. The van der Waals surface area contributed by atoms with Crippen LogP contribution in [-0.2, 0) is 0 Å². The van der Waals surface area contributed by atoms with Crippen LogP contribution in [0.3, 0.4) is 0 Å². The largest absolute Gasteiger partial charge is 0.350 e. The van der Waals surface area contributed by atoms with Crippen LogP contribution in [-0.4, -0.2) is 23.3 Å². The molecule has 0 saturated heterocycles. The van der Waals surface area contributed by atoms with Gasteiger partial charge in [0.15, 0.2) is 0 Å². The highest BCUT2D eigenvalue weighted by Gasteiger charge is 2.15. The molecule has 0 spiro atoms. The molecule has 2 amide bonds. The maximum absolute atomic E-state index is 10.5. The van der Waals surface area contributed by atoms with Crippen LogP contribution in [0.1, 0.15) is 19.8 Å². The fourth-order valence-electron chi connectivity index (χ4n) is 0.913. The normalized spacial score (nSPS) is 17.3. The van der Waals surface area contributed by atoms with Gasteiger partial charge in [0.25, 0.3) is 0 Å². The first-order chi connectivity index (χ1) is 4.74. The molecule has 1 aliphatic heterocycles. The van der Waals surface area contributed by atoms with Crippen LogP contribution >= 0.6 is 0 Å². The fraction of sp³-hybridized carbons (Fsp3) is 0.667. The number of carbonyl (C=O) groups excluding carboxylic acids is 1. The van der Waals surface area contributed by atoms with Gasteiger partial charge in [-0.3, -0.25) is 0 Å². The minimum absolute atomic E-state index is 0.455. The van der Waals surface area contributed by atoms with E-state index < -0.39 is 6.03 Å². The highest BCUT2D eigenvalue weighted by Crippen LogP contribution is 2.06.